The molecule has 0 aliphatic carbocycles. The van der Waals surface area contributed by atoms with Gasteiger partial charge in [-0.05, 0) is 12.8 Å². The minimum Gasteiger partial charge on any atom is -0.381 e. The van der Waals surface area contributed by atoms with E-state index >= 15 is 0 Å². The van der Waals surface area contributed by atoms with E-state index in [4.69, 9.17) is 33.7 Å². The van der Waals surface area contributed by atoms with Gasteiger partial charge in [0, 0.05) is 19.8 Å². The number of halogens is 2. The van der Waals surface area contributed by atoms with Crippen LogP contribution in [-0.2, 0) is 9.53 Å². The number of hydrogen-bond acceptors (Lipinski definition) is 5. The number of aromatic nitrogens is 2. The fourth-order valence-corrected chi connectivity index (χ4v) is 2.24. The second-order valence-corrected chi connectivity index (χ2v) is 5.11. The Balaban J connectivity index is 2.17. The van der Waals surface area contributed by atoms with Crippen molar-refractivity contribution in [1.82, 2.24) is 9.97 Å². The van der Waals surface area contributed by atoms with Crippen molar-refractivity contribution >= 4 is 34.9 Å². The number of ether oxygens (including phenoxy) is 1. The third-order valence-corrected chi connectivity index (χ3v) is 4.04. The molecule has 0 atom stereocenters. The summed E-state index contributed by atoms with van der Waals surface area (Å²) >= 11 is 11.7. The Labute approximate surface area is 120 Å². The smallest absolute Gasteiger partial charge is 0.233 e. The highest BCUT2D eigenvalue weighted by molar-refractivity contribution is 6.42. The quantitative estimate of drug-likeness (QED) is 0.826. The van der Waals surface area contributed by atoms with Crippen molar-refractivity contribution in [2.24, 2.45) is 11.1 Å². The van der Waals surface area contributed by atoms with E-state index in [0.717, 1.165) is 0 Å². The van der Waals surface area contributed by atoms with Gasteiger partial charge in [-0.25, -0.2) is 9.97 Å². The number of carbonyl (C=O) groups excluding carboxylic acids is 1. The van der Waals surface area contributed by atoms with Gasteiger partial charge in [0.05, 0.1) is 5.41 Å². The highest BCUT2D eigenvalue weighted by Crippen LogP contribution is 2.32. The molecular weight excluding hydrogens is 291 g/mol. The van der Waals surface area contributed by atoms with E-state index in [1.165, 1.54) is 6.33 Å². The molecule has 3 N–H and O–H groups in total. The molecular formula is C11H14Cl2N4O2. The van der Waals surface area contributed by atoms with Crippen LogP contribution < -0.4 is 11.1 Å². The first-order valence-corrected chi connectivity index (χ1v) is 6.60. The Bertz CT molecular complexity index is 478. The number of rotatable bonds is 3. The van der Waals surface area contributed by atoms with Crippen LogP contribution >= 0.6 is 23.2 Å². The SMILES string of the molecule is NCC1(C(=O)Nc2ncnc(Cl)c2Cl)CCOCC1. The number of anilines is 1. The summed E-state index contributed by atoms with van der Waals surface area (Å²) in [5.41, 5.74) is 5.11. The van der Waals surface area contributed by atoms with Gasteiger partial charge in [0.2, 0.25) is 5.91 Å². The van der Waals surface area contributed by atoms with Crippen LogP contribution in [0.4, 0.5) is 5.82 Å². The van der Waals surface area contributed by atoms with Crippen molar-refractivity contribution in [3.63, 3.8) is 0 Å². The van der Waals surface area contributed by atoms with Crippen molar-refractivity contribution in [2.45, 2.75) is 12.8 Å². The number of nitrogens with zero attached hydrogens (tertiary/aromatic N) is 2. The molecule has 0 saturated carbocycles. The second kappa shape index (κ2) is 6.00. The molecule has 2 heterocycles. The van der Waals surface area contributed by atoms with Crippen molar-refractivity contribution in [1.29, 1.82) is 0 Å². The van der Waals surface area contributed by atoms with E-state index in [0.29, 0.717) is 26.1 Å². The van der Waals surface area contributed by atoms with E-state index in [2.05, 4.69) is 15.3 Å². The first kappa shape index (κ1) is 14.5. The largest absolute Gasteiger partial charge is 0.381 e. The molecule has 1 amide bonds. The molecule has 104 valence electrons. The van der Waals surface area contributed by atoms with Gasteiger partial charge in [0.25, 0.3) is 0 Å². The van der Waals surface area contributed by atoms with Gasteiger partial charge in [-0.2, -0.15) is 0 Å². The minimum absolute atomic E-state index is 0.0979. The minimum atomic E-state index is -0.640. The summed E-state index contributed by atoms with van der Waals surface area (Å²) in [5.74, 6) is -0.0130. The first-order chi connectivity index (χ1) is 9.09. The number of nitrogens with one attached hydrogen (secondary N) is 1. The van der Waals surface area contributed by atoms with Crippen molar-refractivity contribution < 1.29 is 9.53 Å². The number of carbonyl (C=O) groups is 1. The molecule has 1 aromatic rings. The monoisotopic (exact) mass is 304 g/mol. The Kier molecular flexibility index (Phi) is 4.57. The lowest BCUT2D eigenvalue weighted by Crippen LogP contribution is -2.46. The molecule has 1 aliphatic rings. The van der Waals surface area contributed by atoms with Gasteiger partial charge in [-0.3, -0.25) is 4.79 Å². The van der Waals surface area contributed by atoms with E-state index in [-0.39, 0.29) is 28.4 Å². The van der Waals surface area contributed by atoms with Gasteiger partial charge >= 0.3 is 0 Å². The molecule has 0 spiro atoms. The Morgan fingerprint density at radius 3 is 2.74 bits per heavy atom. The molecule has 1 aromatic heterocycles. The van der Waals surface area contributed by atoms with E-state index in [9.17, 15) is 4.79 Å². The molecule has 19 heavy (non-hydrogen) atoms. The maximum atomic E-state index is 12.4. The summed E-state index contributed by atoms with van der Waals surface area (Å²) in [6.45, 7) is 1.28. The Morgan fingerprint density at radius 2 is 2.11 bits per heavy atom. The summed E-state index contributed by atoms with van der Waals surface area (Å²) in [6.07, 6.45) is 2.39. The molecule has 2 rings (SSSR count). The van der Waals surface area contributed by atoms with E-state index in [1.807, 2.05) is 0 Å². The van der Waals surface area contributed by atoms with Crippen LogP contribution in [0.2, 0.25) is 10.2 Å². The average Bonchev–Trinajstić information content (AvgIpc) is 2.44. The van der Waals surface area contributed by atoms with Crippen LogP contribution in [0.3, 0.4) is 0 Å². The molecule has 8 heteroatoms. The zero-order valence-corrected chi connectivity index (χ0v) is 11.7. The third kappa shape index (κ3) is 2.97. The van der Waals surface area contributed by atoms with Gasteiger partial charge in [0.1, 0.15) is 11.3 Å². The van der Waals surface area contributed by atoms with E-state index < -0.39 is 5.41 Å². The summed E-state index contributed by atoms with van der Waals surface area (Å²) in [6, 6.07) is 0. The van der Waals surface area contributed by atoms with Crippen LogP contribution in [-0.4, -0.2) is 35.6 Å². The molecule has 1 saturated heterocycles. The Morgan fingerprint density at radius 1 is 1.42 bits per heavy atom. The summed E-state index contributed by atoms with van der Waals surface area (Å²) in [7, 11) is 0. The number of hydrogen-bond donors (Lipinski definition) is 2. The van der Waals surface area contributed by atoms with Crippen LogP contribution in [0, 0.1) is 5.41 Å². The van der Waals surface area contributed by atoms with Gasteiger partial charge < -0.3 is 15.8 Å². The fourth-order valence-electron chi connectivity index (χ4n) is 1.96. The summed E-state index contributed by atoms with van der Waals surface area (Å²) < 4.78 is 5.26. The van der Waals surface area contributed by atoms with Crippen LogP contribution in [0.25, 0.3) is 0 Å². The summed E-state index contributed by atoms with van der Waals surface area (Å²) in [5, 5.41) is 2.89. The first-order valence-electron chi connectivity index (χ1n) is 5.84. The van der Waals surface area contributed by atoms with Gasteiger partial charge in [0.15, 0.2) is 11.0 Å². The number of nitrogens with two attached hydrogens (primary N) is 1. The molecule has 1 fully saturated rings. The maximum Gasteiger partial charge on any atom is 0.233 e. The Hall–Kier alpha value is -0.950. The van der Waals surface area contributed by atoms with Crippen molar-refractivity contribution in [3.8, 4) is 0 Å². The lowest BCUT2D eigenvalue weighted by atomic mass is 9.79. The second-order valence-electron chi connectivity index (χ2n) is 4.38. The molecule has 1 aliphatic heterocycles. The highest BCUT2D eigenvalue weighted by atomic mass is 35.5. The van der Waals surface area contributed by atoms with Crippen LogP contribution in [0.1, 0.15) is 12.8 Å². The lowest BCUT2D eigenvalue weighted by Gasteiger charge is -2.34. The normalized spacial score (nSPS) is 18.1. The lowest BCUT2D eigenvalue weighted by molar-refractivity contribution is -0.130. The molecule has 0 unspecified atom stereocenters. The van der Waals surface area contributed by atoms with Crippen molar-refractivity contribution in [3.05, 3.63) is 16.5 Å². The van der Waals surface area contributed by atoms with Gasteiger partial charge in [-0.15, -0.1) is 0 Å². The molecule has 0 radical (unpaired) electrons. The average molecular weight is 305 g/mol. The van der Waals surface area contributed by atoms with Crippen LogP contribution in [0.15, 0.2) is 6.33 Å². The topological polar surface area (TPSA) is 90.1 Å². The standard InChI is InChI=1S/C11H14Cl2N4O2/c12-7-8(13)15-6-16-9(7)17-10(18)11(5-14)1-3-19-4-2-11/h6H,1-5,14H2,(H,15,16,17,18). The predicted octanol–water partition coefficient (Wildman–Crippen LogP) is 1.48. The highest BCUT2D eigenvalue weighted by Gasteiger charge is 2.39. The molecule has 6 nitrogen and oxygen atoms in total. The zero-order chi connectivity index (χ0) is 13.9. The van der Waals surface area contributed by atoms with Gasteiger partial charge in [-0.1, -0.05) is 23.2 Å². The third-order valence-electron chi connectivity index (χ3n) is 3.30. The molecule has 0 bridgehead atoms. The summed E-state index contributed by atoms with van der Waals surface area (Å²) in [4.78, 5) is 20.0. The zero-order valence-electron chi connectivity index (χ0n) is 10.2. The van der Waals surface area contributed by atoms with Crippen LogP contribution in [0.5, 0.6) is 0 Å². The molecule has 0 aromatic carbocycles. The maximum absolute atomic E-state index is 12.4. The predicted molar refractivity (Wildman–Crippen MR) is 72.2 cm³/mol. The fraction of sp³-hybridized carbons (Fsp3) is 0.545. The van der Waals surface area contributed by atoms with Crippen molar-refractivity contribution in [2.75, 3.05) is 25.1 Å². The number of amides is 1. The van der Waals surface area contributed by atoms with E-state index in [1.54, 1.807) is 0 Å².